The van der Waals surface area contributed by atoms with Gasteiger partial charge in [-0.1, -0.05) is 48.5 Å². The van der Waals surface area contributed by atoms with Gasteiger partial charge in [-0.05, 0) is 150 Å². The minimum atomic E-state index is -3.23. The van der Waals surface area contributed by atoms with Crippen LogP contribution in [0.4, 0.5) is 0 Å². The number of aromatic nitrogens is 2. The number of fused-ring (bicyclic) bond motifs is 8. The molecule has 0 atom stereocenters. The molecule has 0 aliphatic heterocycles. The summed E-state index contributed by atoms with van der Waals surface area (Å²) in [6.07, 6.45) is -3.67. The Morgan fingerprint density at radius 2 is 1.33 bits per heavy atom. The normalized spacial score (nSPS) is 35.7. The molecule has 238 valence electrons. The van der Waals surface area contributed by atoms with Crippen LogP contribution in [0.25, 0.3) is 38.1 Å². The van der Waals surface area contributed by atoms with E-state index in [4.69, 9.17) is 8.22 Å². The maximum atomic E-state index is 15.0. The van der Waals surface area contributed by atoms with E-state index in [1.807, 2.05) is 22.6 Å². The molecule has 3 heteroatoms. The van der Waals surface area contributed by atoms with E-state index in [9.17, 15) is 2.74 Å². The van der Waals surface area contributed by atoms with Crippen molar-refractivity contribution >= 4 is 43.9 Å². The summed E-state index contributed by atoms with van der Waals surface area (Å²) in [6.45, 7) is 0. The van der Waals surface area contributed by atoms with Gasteiger partial charge in [-0.2, -0.15) is 0 Å². The molecule has 7 aromatic rings. The maximum Gasteiger partial charge on any atom is 0.175 e. The van der Waals surface area contributed by atoms with E-state index in [2.05, 4.69) is 59.6 Å². The highest BCUT2D eigenvalue weighted by molar-refractivity contribution is 6.25. The van der Waals surface area contributed by atoms with Gasteiger partial charge >= 0.3 is 0 Å². The molecule has 0 unspecified atom stereocenters. The molecule has 3 aromatic heterocycles. The highest BCUT2D eigenvalue weighted by Gasteiger charge is 2.52. The third kappa shape index (κ3) is 3.14. The number of ketones is 1. The Morgan fingerprint density at radius 3 is 2.02 bits per heavy atom. The third-order valence-electron chi connectivity index (χ3n) is 13.8. The number of Topliss-reactive ketones (excluding diaryl/α,β-unsaturated/α-hetero) is 1. The van der Waals surface area contributed by atoms with Crippen molar-refractivity contribution in [3.8, 4) is 0 Å². The van der Waals surface area contributed by atoms with Gasteiger partial charge in [-0.3, -0.25) is 9.78 Å². The number of hydrogen-bond donors (Lipinski definition) is 0. The van der Waals surface area contributed by atoms with Gasteiger partial charge in [0.2, 0.25) is 0 Å². The maximum absolute atomic E-state index is 15.0. The monoisotopic (exact) mass is 642 g/mol. The number of benzene rings is 4. The second-order valence-electron chi connectivity index (χ2n) is 16.1. The third-order valence-corrected chi connectivity index (χ3v) is 13.8. The first-order valence-corrected chi connectivity index (χ1v) is 18.1. The molecule has 49 heavy (non-hydrogen) atoms. The number of carbonyl (C=O) groups is 1. The lowest BCUT2D eigenvalue weighted by atomic mass is 9.48. The Balaban J connectivity index is 1.19. The van der Waals surface area contributed by atoms with Crippen LogP contribution in [0.1, 0.15) is 129 Å². The zero-order chi connectivity index (χ0) is 38.9. The van der Waals surface area contributed by atoms with Crippen LogP contribution in [0.2, 0.25) is 0 Å². The lowest BCUT2D eigenvalue weighted by molar-refractivity contribution is -0.00508. The Labute approximate surface area is 296 Å². The number of rotatable bonds is 1. The second kappa shape index (κ2) is 8.80. The van der Waals surface area contributed by atoms with Crippen molar-refractivity contribution in [2.45, 2.75) is 81.3 Å². The molecule has 4 aromatic carbocycles. The molecule has 0 saturated heterocycles. The first-order valence-electron chi connectivity index (χ1n) is 22.1. The number of pyridine rings is 1. The summed E-state index contributed by atoms with van der Waals surface area (Å²) in [5.74, 6) is 1.43. The lowest BCUT2D eigenvalue weighted by Crippen LogP contribution is -2.48. The summed E-state index contributed by atoms with van der Waals surface area (Å²) in [5, 5.41) is 3.05. The van der Waals surface area contributed by atoms with E-state index in [0.717, 1.165) is 68.9 Å². The Morgan fingerprint density at radius 1 is 0.694 bits per heavy atom. The predicted molar refractivity (Wildman–Crippen MR) is 195 cm³/mol. The average Bonchev–Trinajstić information content (AvgIpc) is 3.62. The number of carbonyl (C=O) groups excluding carboxylic acids is 1. The number of nitrogens with zero attached hydrogens (tertiary/aromatic N) is 2. The topological polar surface area (TPSA) is 34.4 Å². The van der Waals surface area contributed by atoms with Crippen LogP contribution >= 0.6 is 0 Å². The quantitative estimate of drug-likeness (QED) is 0.179. The molecule has 4 saturated carbocycles. The van der Waals surface area contributed by atoms with Gasteiger partial charge in [0, 0.05) is 49.7 Å². The molecule has 8 aliphatic rings. The van der Waals surface area contributed by atoms with Crippen molar-refractivity contribution in [2.24, 2.45) is 17.8 Å². The van der Waals surface area contributed by atoms with Gasteiger partial charge in [-0.15, -0.1) is 0 Å². The minimum Gasteiger partial charge on any atom is -0.306 e. The van der Waals surface area contributed by atoms with Crippen LogP contribution in [0.5, 0.6) is 0 Å². The number of hydrogen-bond acceptors (Lipinski definition) is 2. The fraction of sp³-hybridized carbons (Fsp3) is 0.348. The lowest BCUT2D eigenvalue weighted by Gasteiger charge is -2.57. The molecular weight excluding hydrogens is 597 g/mol. The van der Waals surface area contributed by atoms with E-state index in [1.165, 1.54) is 31.0 Å². The van der Waals surface area contributed by atoms with Crippen molar-refractivity contribution in [3.05, 3.63) is 129 Å². The average molecular weight is 643 g/mol. The van der Waals surface area contributed by atoms with Gasteiger partial charge in [0.1, 0.15) is 0 Å². The van der Waals surface area contributed by atoms with Crippen molar-refractivity contribution in [3.63, 3.8) is 0 Å². The van der Waals surface area contributed by atoms with Crippen molar-refractivity contribution in [2.75, 3.05) is 0 Å². The molecule has 0 spiro atoms. The van der Waals surface area contributed by atoms with Crippen molar-refractivity contribution in [1.82, 2.24) is 9.38 Å². The Kier molecular flexibility index (Phi) is 3.63. The van der Waals surface area contributed by atoms with Gasteiger partial charge in [0.25, 0.3) is 0 Å². The highest BCUT2D eigenvalue weighted by atomic mass is 16.1. The standard InChI is InChI=1S/C46H38N2O/c49-45-36-19-39-33(18-34(36)41-28-7-1-3-9-30(28)43(45)31-10-4-2-8-29(31)41)35-16-27(46-20-24-13-25(21-46)15-26(14-24)22-46)17-37-42-32-11-5-6-12-38(32)47-23-40(42)48(39)44(35)37/h1-4,7-10,16-19,23-26,41,43H,5-6,11-15,20-22H2/i5D2,6D2,11D2,12D2. The van der Waals surface area contributed by atoms with Gasteiger partial charge in [0.05, 0.1) is 28.7 Å². The van der Waals surface area contributed by atoms with Crippen LogP contribution in [0.15, 0.2) is 79.0 Å². The van der Waals surface area contributed by atoms with Crippen molar-refractivity contribution in [1.29, 1.82) is 0 Å². The Bertz CT molecular complexity index is 2930. The van der Waals surface area contributed by atoms with Crippen LogP contribution < -0.4 is 0 Å². The van der Waals surface area contributed by atoms with Crippen LogP contribution in [0, 0.1) is 17.8 Å². The molecule has 8 aliphatic carbocycles. The van der Waals surface area contributed by atoms with Crippen LogP contribution in [0.3, 0.4) is 0 Å². The molecule has 3 nitrogen and oxygen atoms in total. The largest absolute Gasteiger partial charge is 0.306 e. The summed E-state index contributed by atoms with van der Waals surface area (Å²) in [7, 11) is 0. The van der Waals surface area contributed by atoms with E-state index >= 15 is 4.79 Å². The van der Waals surface area contributed by atoms with Crippen LogP contribution in [-0.2, 0) is 18.2 Å². The first-order chi connectivity index (χ1) is 27.1. The predicted octanol–water partition coefficient (Wildman–Crippen LogP) is 10.4. The highest BCUT2D eigenvalue weighted by Crippen LogP contribution is 2.62. The zero-order valence-corrected chi connectivity index (χ0v) is 26.9. The molecule has 15 rings (SSSR count). The molecular formula is C46H38N2O. The number of aryl methyl sites for hydroxylation is 2. The molecule has 0 N–H and O–H groups in total. The van der Waals surface area contributed by atoms with E-state index in [0.29, 0.717) is 39.6 Å². The SMILES string of the molecule is [2H]C1([2H])c2ncc3c(c2C([2H])([2H])C([2H])([2H])C1([2H])[2H])c1cc(C24CC5CC(CC(C5)C2)C4)cc2c4cc5c(cc4n3c21)C(=O)C1c2ccccc2C5c2ccccc21. The summed E-state index contributed by atoms with van der Waals surface area (Å²) in [4.78, 5) is 19.6. The molecule has 6 bridgehead atoms. The van der Waals surface area contributed by atoms with Gasteiger partial charge < -0.3 is 4.40 Å². The fourth-order valence-corrected chi connectivity index (χ4v) is 12.4. The molecule has 0 amide bonds. The summed E-state index contributed by atoms with van der Waals surface area (Å²) >= 11 is 0. The molecule has 3 heterocycles. The molecule has 0 radical (unpaired) electrons. The summed E-state index contributed by atoms with van der Waals surface area (Å²) in [6, 6.07) is 25.4. The second-order valence-corrected chi connectivity index (χ2v) is 16.1. The van der Waals surface area contributed by atoms with Gasteiger partial charge in [-0.25, -0.2) is 0 Å². The van der Waals surface area contributed by atoms with E-state index in [-0.39, 0.29) is 22.7 Å². The zero-order valence-electron chi connectivity index (χ0n) is 34.9. The first kappa shape index (κ1) is 20.2. The summed E-state index contributed by atoms with van der Waals surface area (Å²) < 4.78 is 73.9. The summed E-state index contributed by atoms with van der Waals surface area (Å²) in [5.41, 5.74) is 8.57. The van der Waals surface area contributed by atoms with E-state index in [1.54, 1.807) is 0 Å². The van der Waals surface area contributed by atoms with Gasteiger partial charge in [0.15, 0.2) is 5.78 Å². The smallest absolute Gasteiger partial charge is 0.175 e. The fourth-order valence-electron chi connectivity index (χ4n) is 12.4. The van der Waals surface area contributed by atoms with E-state index < -0.39 is 37.1 Å². The van der Waals surface area contributed by atoms with Crippen molar-refractivity contribution < 1.29 is 15.8 Å². The molecule has 4 fully saturated rings. The minimum absolute atomic E-state index is 0.0288. The Hall–Kier alpha value is -4.50. The van der Waals surface area contributed by atoms with Crippen LogP contribution in [-0.4, -0.2) is 15.2 Å².